The SMILES string of the molecule is Cc1cc2c(-c3ccc[nH]c3=O)c(C(=O)NS(=O)(=O)C3CCC3)n(Cc3ccccc3F)c2cc1F. The predicted octanol–water partition coefficient (Wildman–Crippen LogP) is 4.24. The van der Waals surface area contributed by atoms with Gasteiger partial charge in [0.25, 0.3) is 11.5 Å². The molecule has 10 heteroatoms. The Kier molecular flexibility index (Phi) is 5.99. The molecule has 5 rings (SSSR count). The molecule has 2 heterocycles. The number of aromatic amines is 1. The van der Waals surface area contributed by atoms with Crippen LogP contribution in [-0.4, -0.2) is 29.1 Å². The van der Waals surface area contributed by atoms with Crippen LogP contribution < -0.4 is 10.3 Å². The zero-order chi connectivity index (χ0) is 25.6. The highest BCUT2D eigenvalue weighted by atomic mass is 32.2. The van der Waals surface area contributed by atoms with Crippen molar-refractivity contribution < 1.29 is 22.0 Å². The number of hydrogen-bond donors (Lipinski definition) is 2. The minimum atomic E-state index is -3.98. The number of aromatic nitrogens is 2. The molecule has 0 saturated heterocycles. The fraction of sp³-hybridized carbons (Fsp3) is 0.231. The van der Waals surface area contributed by atoms with Crippen LogP contribution in [0.25, 0.3) is 22.0 Å². The van der Waals surface area contributed by atoms with Crippen molar-refractivity contribution in [3.63, 3.8) is 0 Å². The lowest BCUT2D eigenvalue weighted by atomic mass is 10.0. The second-order valence-corrected chi connectivity index (χ2v) is 10.9. The predicted molar refractivity (Wildman–Crippen MR) is 132 cm³/mol. The molecule has 0 aliphatic heterocycles. The summed E-state index contributed by atoms with van der Waals surface area (Å²) in [5.74, 6) is -2.07. The molecular weight excluding hydrogens is 488 g/mol. The lowest BCUT2D eigenvalue weighted by Gasteiger charge is -2.25. The quantitative estimate of drug-likeness (QED) is 0.404. The first-order valence-electron chi connectivity index (χ1n) is 11.5. The van der Waals surface area contributed by atoms with E-state index >= 15 is 0 Å². The second kappa shape index (κ2) is 9.02. The summed E-state index contributed by atoms with van der Waals surface area (Å²) in [7, 11) is -3.98. The smallest absolute Gasteiger partial charge is 0.282 e. The molecule has 2 aromatic heterocycles. The number of halogens is 2. The fourth-order valence-electron chi connectivity index (χ4n) is 4.51. The van der Waals surface area contributed by atoms with Crippen molar-refractivity contribution in [1.29, 1.82) is 0 Å². The number of carbonyl (C=O) groups is 1. The van der Waals surface area contributed by atoms with Gasteiger partial charge in [0.2, 0.25) is 10.0 Å². The summed E-state index contributed by atoms with van der Waals surface area (Å²) >= 11 is 0. The Bertz CT molecular complexity index is 1670. The maximum Gasteiger partial charge on any atom is 0.282 e. The molecule has 4 aromatic rings. The molecule has 0 spiro atoms. The number of benzene rings is 2. The van der Waals surface area contributed by atoms with Crippen LogP contribution in [0.2, 0.25) is 0 Å². The molecule has 2 N–H and O–H groups in total. The number of carbonyl (C=O) groups excluding carboxylic acids is 1. The molecule has 1 fully saturated rings. The van der Waals surface area contributed by atoms with Crippen molar-refractivity contribution in [3.05, 3.63) is 93.5 Å². The summed E-state index contributed by atoms with van der Waals surface area (Å²) in [4.78, 5) is 29.0. The van der Waals surface area contributed by atoms with Crippen LogP contribution in [0, 0.1) is 18.6 Å². The number of aryl methyl sites for hydroxylation is 1. The Morgan fingerprint density at radius 3 is 2.53 bits per heavy atom. The van der Waals surface area contributed by atoms with Crippen LogP contribution in [0.1, 0.15) is 40.9 Å². The number of nitrogens with zero attached hydrogens (tertiary/aromatic N) is 1. The van der Waals surface area contributed by atoms with Gasteiger partial charge in [0.05, 0.1) is 17.3 Å². The summed E-state index contributed by atoms with van der Waals surface area (Å²) in [6.45, 7) is 1.35. The van der Waals surface area contributed by atoms with E-state index in [4.69, 9.17) is 0 Å². The number of amides is 1. The van der Waals surface area contributed by atoms with Gasteiger partial charge in [-0.1, -0.05) is 24.6 Å². The van der Waals surface area contributed by atoms with E-state index in [0.29, 0.717) is 18.2 Å². The normalized spacial score (nSPS) is 14.1. The summed E-state index contributed by atoms with van der Waals surface area (Å²) in [6.07, 6.45) is 3.06. The topological polar surface area (TPSA) is 101 Å². The lowest BCUT2D eigenvalue weighted by Crippen LogP contribution is -2.42. The average Bonchev–Trinajstić information content (AvgIpc) is 3.07. The maximum atomic E-state index is 14.7. The fourth-order valence-corrected chi connectivity index (χ4v) is 5.98. The van der Waals surface area contributed by atoms with Gasteiger partial charge < -0.3 is 9.55 Å². The molecule has 0 atom stereocenters. The summed E-state index contributed by atoms with van der Waals surface area (Å²) in [6, 6.07) is 11.7. The standard InChI is InChI=1S/C26H23F2N3O4S/c1-15-12-19-22(13-21(15)28)31(14-16-6-2-3-10-20(16)27)24(23(19)18-9-5-11-29-25(18)32)26(33)30-36(34,35)17-7-4-8-17/h2-3,5-6,9-13,17H,4,7-8,14H2,1H3,(H,29,32)(H,30,33). The van der Waals surface area contributed by atoms with Crippen molar-refractivity contribution in [2.24, 2.45) is 0 Å². The van der Waals surface area contributed by atoms with Crippen molar-refractivity contribution >= 4 is 26.8 Å². The minimum Gasteiger partial charge on any atom is -0.331 e. The molecule has 1 aliphatic rings. The summed E-state index contributed by atoms with van der Waals surface area (Å²) in [5.41, 5.74) is 0.275. The van der Waals surface area contributed by atoms with Crippen molar-refractivity contribution in [2.75, 3.05) is 0 Å². The van der Waals surface area contributed by atoms with E-state index < -0.39 is 38.4 Å². The van der Waals surface area contributed by atoms with Gasteiger partial charge in [0.1, 0.15) is 17.3 Å². The van der Waals surface area contributed by atoms with Gasteiger partial charge in [0, 0.05) is 28.3 Å². The number of H-pyrrole nitrogens is 1. The van der Waals surface area contributed by atoms with Crippen LogP contribution >= 0.6 is 0 Å². The zero-order valence-corrected chi connectivity index (χ0v) is 20.2. The summed E-state index contributed by atoms with van der Waals surface area (Å²) < 4.78 is 58.6. The first kappa shape index (κ1) is 23.9. The number of fused-ring (bicyclic) bond motifs is 1. The first-order chi connectivity index (χ1) is 17.2. The Morgan fingerprint density at radius 2 is 1.86 bits per heavy atom. The Morgan fingerprint density at radius 1 is 1.11 bits per heavy atom. The largest absolute Gasteiger partial charge is 0.331 e. The molecule has 186 valence electrons. The maximum absolute atomic E-state index is 14.7. The van der Waals surface area contributed by atoms with E-state index in [1.165, 1.54) is 47.2 Å². The first-order valence-corrected chi connectivity index (χ1v) is 13.0. The van der Waals surface area contributed by atoms with Crippen molar-refractivity contribution in [2.45, 2.75) is 38.0 Å². The van der Waals surface area contributed by atoms with Crippen LogP contribution in [0.3, 0.4) is 0 Å². The lowest BCUT2D eigenvalue weighted by molar-refractivity contribution is 0.0973. The van der Waals surface area contributed by atoms with Crippen LogP contribution in [0.15, 0.2) is 59.5 Å². The third-order valence-corrected chi connectivity index (χ3v) is 8.48. The Hall–Kier alpha value is -3.79. The van der Waals surface area contributed by atoms with Gasteiger partial charge in [-0.05, 0) is 55.7 Å². The van der Waals surface area contributed by atoms with Gasteiger partial charge in [-0.25, -0.2) is 21.9 Å². The zero-order valence-electron chi connectivity index (χ0n) is 19.3. The number of sulfonamides is 1. The molecule has 0 bridgehead atoms. The van der Waals surface area contributed by atoms with E-state index in [-0.39, 0.29) is 40.0 Å². The molecule has 36 heavy (non-hydrogen) atoms. The minimum absolute atomic E-state index is 0.104. The van der Waals surface area contributed by atoms with Crippen LogP contribution in [-0.2, 0) is 16.6 Å². The van der Waals surface area contributed by atoms with E-state index in [1.54, 1.807) is 19.1 Å². The van der Waals surface area contributed by atoms with E-state index in [1.807, 2.05) is 0 Å². The van der Waals surface area contributed by atoms with Crippen molar-refractivity contribution in [1.82, 2.24) is 14.3 Å². The number of rotatable bonds is 6. The van der Waals surface area contributed by atoms with Crippen LogP contribution in [0.5, 0.6) is 0 Å². The monoisotopic (exact) mass is 511 g/mol. The van der Waals surface area contributed by atoms with E-state index in [2.05, 4.69) is 9.71 Å². The molecule has 1 saturated carbocycles. The number of hydrogen-bond acceptors (Lipinski definition) is 4. The highest BCUT2D eigenvalue weighted by Crippen LogP contribution is 2.36. The van der Waals surface area contributed by atoms with Crippen molar-refractivity contribution in [3.8, 4) is 11.1 Å². The number of pyridine rings is 1. The Balaban J connectivity index is 1.81. The van der Waals surface area contributed by atoms with E-state index in [0.717, 1.165) is 6.42 Å². The molecule has 1 amide bonds. The van der Waals surface area contributed by atoms with E-state index in [9.17, 15) is 26.8 Å². The molecule has 0 unspecified atom stereocenters. The molecule has 1 aliphatic carbocycles. The van der Waals surface area contributed by atoms with Gasteiger partial charge in [-0.2, -0.15) is 0 Å². The van der Waals surface area contributed by atoms with Gasteiger partial charge in [-0.3, -0.25) is 9.59 Å². The average molecular weight is 512 g/mol. The highest BCUT2D eigenvalue weighted by molar-refractivity contribution is 7.90. The highest BCUT2D eigenvalue weighted by Gasteiger charge is 2.35. The number of nitrogens with one attached hydrogen (secondary N) is 2. The third kappa shape index (κ3) is 4.11. The van der Waals surface area contributed by atoms with Gasteiger partial charge in [0.15, 0.2) is 0 Å². The molecule has 7 nitrogen and oxygen atoms in total. The molecular formula is C26H23F2N3O4S. The molecule has 0 radical (unpaired) electrons. The van der Waals surface area contributed by atoms with Gasteiger partial charge >= 0.3 is 0 Å². The second-order valence-electron chi connectivity index (χ2n) is 8.96. The van der Waals surface area contributed by atoms with Gasteiger partial charge in [-0.15, -0.1) is 0 Å². The van der Waals surface area contributed by atoms with Crippen LogP contribution in [0.4, 0.5) is 8.78 Å². The molecule has 2 aromatic carbocycles. The third-order valence-electron chi connectivity index (χ3n) is 6.66. The Labute approximate surface area is 205 Å². The summed E-state index contributed by atoms with van der Waals surface area (Å²) in [5, 5.41) is -0.317.